The van der Waals surface area contributed by atoms with Crippen molar-refractivity contribution in [2.75, 3.05) is 13.1 Å². The maximum Gasteiger partial charge on any atom is 0.271 e. The molecule has 132 valence electrons. The van der Waals surface area contributed by atoms with E-state index in [-0.39, 0.29) is 11.9 Å². The number of amides is 1. The van der Waals surface area contributed by atoms with Gasteiger partial charge in [-0.3, -0.25) is 14.7 Å². The molecule has 3 aromatic heterocycles. The maximum atomic E-state index is 13.1. The average Bonchev–Trinajstić information content (AvgIpc) is 3.39. The second kappa shape index (κ2) is 6.37. The molecule has 0 radical (unpaired) electrons. The van der Waals surface area contributed by atoms with Crippen molar-refractivity contribution in [3.8, 4) is 0 Å². The van der Waals surface area contributed by atoms with Crippen molar-refractivity contribution in [2.24, 2.45) is 0 Å². The van der Waals surface area contributed by atoms with Crippen LogP contribution < -0.4 is 0 Å². The number of likely N-dealkylation sites (tertiary alicyclic amines) is 1. The van der Waals surface area contributed by atoms with Gasteiger partial charge in [0.05, 0.1) is 18.6 Å². The predicted octanol–water partition coefficient (Wildman–Crippen LogP) is 3.03. The third-order valence-electron chi connectivity index (χ3n) is 5.41. The van der Waals surface area contributed by atoms with E-state index in [0.717, 1.165) is 25.3 Å². The SMILES string of the molecule is O=C1c2cccn2[C@@H]2CN(Cc3ccncc3)C[C@H]2N1Cc1cccs1. The van der Waals surface area contributed by atoms with Gasteiger partial charge in [-0.05, 0) is 41.3 Å². The largest absolute Gasteiger partial charge is 0.337 e. The number of carbonyl (C=O) groups excluding carboxylic acids is 1. The number of carbonyl (C=O) groups is 1. The van der Waals surface area contributed by atoms with Gasteiger partial charge in [0.2, 0.25) is 0 Å². The predicted molar refractivity (Wildman–Crippen MR) is 101 cm³/mol. The highest BCUT2D eigenvalue weighted by molar-refractivity contribution is 7.09. The molecule has 5 nitrogen and oxygen atoms in total. The lowest BCUT2D eigenvalue weighted by Gasteiger charge is -2.38. The molecule has 6 heteroatoms. The molecule has 1 fully saturated rings. The van der Waals surface area contributed by atoms with Crippen LogP contribution in [0.25, 0.3) is 0 Å². The average molecular weight is 364 g/mol. The van der Waals surface area contributed by atoms with Gasteiger partial charge in [-0.1, -0.05) is 6.07 Å². The van der Waals surface area contributed by atoms with E-state index < -0.39 is 0 Å². The normalized spacial score (nSPS) is 22.5. The summed E-state index contributed by atoms with van der Waals surface area (Å²) < 4.78 is 2.18. The Balaban J connectivity index is 1.44. The molecule has 1 amide bonds. The van der Waals surface area contributed by atoms with E-state index in [9.17, 15) is 4.79 Å². The minimum Gasteiger partial charge on any atom is -0.337 e. The first-order valence-electron chi connectivity index (χ1n) is 8.91. The number of thiophene rings is 1. The van der Waals surface area contributed by atoms with E-state index in [1.807, 2.05) is 24.5 Å². The van der Waals surface area contributed by atoms with Crippen LogP contribution in [0, 0.1) is 0 Å². The van der Waals surface area contributed by atoms with Crippen LogP contribution in [0.5, 0.6) is 0 Å². The molecule has 0 spiro atoms. The summed E-state index contributed by atoms with van der Waals surface area (Å²) in [7, 11) is 0. The Morgan fingerprint density at radius 2 is 1.88 bits per heavy atom. The van der Waals surface area contributed by atoms with Crippen molar-refractivity contribution in [1.29, 1.82) is 0 Å². The summed E-state index contributed by atoms with van der Waals surface area (Å²) in [6.45, 7) is 3.46. The van der Waals surface area contributed by atoms with Gasteiger partial charge in [-0.15, -0.1) is 11.3 Å². The third kappa shape index (κ3) is 2.66. The Kier molecular flexibility index (Phi) is 3.87. The van der Waals surface area contributed by atoms with Crippen LogP contribution in [0.3, 0.4) is 0 Å². The van der Waals surface area contributed by atoms with Gasteiger partial charge in [0.15, 0.2) is 0 Å². The third-order valence-corrected chi connectivity index (χ3v) is 6.27. The zero-order valence-corrected chi connectivity index (χ0v) is 15.2. The number of rotatable bonds is 4. The van der Waals surface area contributed by atoms with Crippen molar-refractivity contribution in [3.63, 3.8) is 0 Å². The smallest absolute Gasteiger partial charge is 0.271 e. The summed E-state index contributed by atoms with van der Waals surface area (Å²) in [5.41, 5.74) is 2.08. The van der Waals surface area contributed by atoms with Gasteiger partial charge in [0.25, 0.3) is 5.91 Å². The highest BCUT2D eigenvalue weighted by Crippen LogP contribution is 2.35. The molecule has 0 bridgehead atoms. The Morgan fingerprint density at radius 1 is 1.04 bits per heavy atom. The molecule has 2 atom stereocenters. The zero-order valence-electron chi connectivity index (χ0n) is 14.4. The Labute approximate surface area is 156 Å². The number of nitrogens with zero attached hydrogens (tertiary/aromatic N) is 4. The van der Waals surface area contributed by atoms with Crippen LogP contribution >= 0.6 is 11.3 Å². The van der Waals surface area contributed by atoms with Gasteiger partial charge >= 0.3 is 0 Å². The Morgan fingerprint density at radius 3 is 2.69 bits per heavy atom. The molecule has 0 N–H and O–H groups in total. The van der Waals surface area contributed by atoms with Gasteiger partial charge in [-0.25, -0.2) is 0 Å². The van der Waals surface area contributed by atoms with Crippen LogP contribution in [0.15, 0.2) is 60.4 Å². The molecular weight excluding hydrogens is 344 g/mol. The van der Waals surface area contributed by atoms with Crippen molar-refractivity contribution in [1.82, 2.24) is 19.4 Å². The monoisotopic (exact) mass is 364 g/mol. The number of aromatic nitrogens is 2. The molecule has 0 aromatic carbocycles. The van der Waals surface area contributed by atoms with Gasteiger partial charge in [-0.2, -0.15) is 0 Å². The first-order valence-corrected chi connectivity index (χ1v) is 9.79. The number of pyridine rings is 1. The second-order valence-electron chi connectivity index (χ2n) is 7.00. The summed E-state index contributed by atoms with van der Waals surface area (Å²) in [5, 5.41) is 2.08. The van der Waals surface area contributed by atoms with Gasteiger partial charge in [0.1, 0.15) is 5.69 Å². The standard InChI is InChI=1S/C20H20N4OS/c25-20-17-4-1-9-23(17)18-13-22(11-15-5-7-21-8-6-15)14-19(18)24(20)12-16-3-2-10-26-16/h1-10,18-19H,11-14H2/t18-,19-/m1/s1. The number of hydrogen-bond acceptors (Lipinski definition) is 4. The van der Waals surface area contributed by atoms with Crippen LogP contribution in [-0.2, 0) is 13.1 Å². The fourth-order valence-electron chi connectivity index (χ4n) is 4.22. The molecule has 5 rings (SSSR count). The lowest BCUT2D eigenvalue weighted by Crippen LogP contribution is -2.49. The van der Waals surface area contributed by atoms with Crippen molar-refractivity contribution >= 4 is 17.2 Å². The lowest BCUT2D eigenvalue weighted by atomic mass is 10.1. The maximum absolute atomic E-state index is 13.1. The van der Waals surface area contributed by atoms with Crippen molar-refractivity contribution < 1.29 is 4.79 Å². The molecular formula is C20H20N4OS. The van der Waals surface area contributed by atoms with Crippen molar-refractivity contribution in [2.45, 2.75) is 25.2 Å². The highest BCUT2D eigenvalue weighted by atomic mass is 32.1. The minimum atomic E-state index is 0.149. The fourth-order valence-corrected chi connectivity index (χ4v) is 4.93. The number of hydrogen-bond donors (Lipinski definition) is 0. The van der Waals surface area contributed by atoms with Gasteiger partial charge < -0.3 is 9.47 Å². The summed E-state index contributed by atoms with van der Waals surface area (Å²) in [5.74, 6) is 0.149. The molecule has 0 aliphatic carbocycles. The molecule has 26 heavy (non-hydrogen) atoms. The first-order chi connectivity index (χ1) is 12.8. The van der Waals surface area contributed by atoms with E-state index >= 15 is 0 Å². The second-order valence-corrected chi connectivity index (χ2v) is 8.03. The van der Waals surface area contributed by atoms with Crippen LogP contribution in [0.4, 0.5) is 0 Å². The topological polar surface area (TPSA) is 41.4 Å². The first kappa shape index (κ1) is 15.8. The van der Waals surface area contributed by atoms with E-state index in [1.165, 1.54) is 10.4 Å². The zero-order chi connectivity index (χ0) is 17.5. The lowest BCUT2D eigenvalue weighted by molar-refractivity contribution is 0.0559. The molecule has 1 saturated heterocycles. The molecule has 3 aromatic rings. The molecule has 5 heterocycles. The molecule has 0 unspecified atom stereocenters. The van der Waals surface area contributed by atoms with E-state index in [2.05, 4.69) is 55.2 Å². The molecule has 0 saturated carbocycles. The number of fused-ring (bicyclic) bond motifs is 3. The fraction of sp³-hybridized carbons (Fsp3) is 0.300. The summed E-state index contributed by atoms with van der Waals surface area (Å²) in [6, 6.07) is 12.8. The van der Waals surface area contributed by atoms with E-state index in [4.69, 9.17) is 0 Å². The highest BCUT2D eigenvalue weighted by Gasteiger charge is 2.44. The summed E-state index contributed by atoms with van der Waals surface area (Å²) in [4.78, 5) is 23.0. The van der Waals surface area contributed by atoms with Crippen LogP contribution in [0.1, 0.15) is 27.0 Å². The summed E-state index contributed by atoms with van der Waals surface area (Å²) >= 11 is 1.72. The van der Waals surface area contributed by atoms with Gasteiger partial charge in [0, 0.05) is 43.1 Å². The summed E-state index contributed by atoms with van der Waals surface area (Å²) in [6.07, 6.45) is 5.74. The molecule has 2 aliphatic heterocycles. The Bertz CT molecular complexity index is 905. The minimum absolute atomic E-state index is 0.149. The van der Waals surface area contributed by atoms with Crippen LogP contribution in [0.2, 0.25) is 0 Å². The van der Waals surface area contributed by atoms with E-state index in [1.54, 1.807) is 11.3 Å². The Hall–Kier alpha value is -2.44. The van der Waals surface area contributed by atoms with E-state index in [0.29, 0.717) is 12.6 Å². The van der Waals surface area contributed by atoms with Crippen molar-refractivity contribution in [3.05, 3.63) is 76.5 Å². The van der Waals surface area contributed by atoms with Crippen LogP contribution in [-0.4, -0.2) is 44.4 Å². The molecule has 2 aliphatic rings. The quantitative estimate of drug-likeness (QED) is 0.715.